The Labute approximate surface area is 100 Å². The molecule has 1 aliphatic rings. The van der Waals surface area contributed by atoms with Gasteiger partial charge in [-0.15, -0.1) is 0 Å². The summed E-state index contributed by atoms with van der Waals surface area (Å²) in [7, 11) is 0. The van der Waals surface area contributed by atoms with Crippen molar-refractivity contribution in [1.82, 2.24) is 5.23 Å². The van der Waals surface area contributed by atoms with Crippen LogP contribution in [0, 0.1) is 10.8 Å². The number of hydrogen-bond donors (Lipinski definition) is 1. The van der Waals surface area contributed by atoms with Gasteiger partial charge in [0.15, 0.2) is 0 Å². The molecule has 0 bridgehead atoms. The van der Waals surface area contributed by atoms with Crippen molar-refractivity contribution in [2.45, 2.75) is 60.3 Å². The van der Waals surface area contributed by atoms with Crippen LogP contribution in [0.25, 0.3) is 0 Å². The zero-order chi connectivity index (χ0) is 11.7. The fourth-order valence-electron chi connectivity index (χ4n) is 2.12. The van der Waals surface area contributed by atoms with Gasteiger partial charge in [0.05, 0.1) is 0 Å². The molecule has 1 heterocycles. The first kappa shape index (κ1) is 13.4. The lowest BCUT2D eigenvalue weighted by atomic mass is 9.71. The number of rotatable bonds is 2. The first-order valence-corrected chi connectivity index (χ1v) is 7.08. The Balaban J connectivity index is 2.33. The van der Waals surface area contributed by atoms with Gasteiger partial charge >= 0.3 is 0 Å². The van der Waals surface area contributed by atoms with Gasteiger partial charge in [0.2, 0.25) is 0 Å². The average molecular weight is 227 g/mol. The minimum atomic E-state index is 0.446. The summed E-state index contributed by atoms with van der Waals surface area (Å²) in [6, 6.07) is 0.724. The summed E-state index contributed by atoms with van der Waals surface area (Å²) < 4.78 is 0. The van der Waals surface area contributed by atoms with E-state index in [1.54, 1.807) is 0 Å². The Kier molecular flexibility index (Phi) is 4.22. The lowest BCUT2D eigenvalue weighted by molar-refractivity contribution is 0.342. The van der Waals surface area contributed by atoms with Gasteiger partial charge in [-0.1, -0.05) is 41.5 Å². The van der Waals surface area contributed by atoms with Crippen LogP contribution in [0.3, 0.4) is 0 Å². The fraction of sp³-hybridized carbons (Fsp3) is 1.00. The van der Waals surface area contributed by atoms with Crippen LogP contribution in [-0.2, 0) is 0 Å². The van der Waals surface area contributed by atoms with Crippen molar-refractivity contribution < 1.29 is 0 Å². The lowest BCUT2D eigenvalue weighted by Crippen LogP contribution is -2.37. The fourth-order valence-corrected chi connectivity index (χ4v) is 3.71. The minimum Gasteiger partial charge on any atom is -0.343 e. The van der Waals surface area contributed by atoms with Gasteiger partial charge in [-0.05, 0) is 29.3 Å². The molecule has 0 aliphatic carbocycles. The maximum Gasteiger partial charge on any atom is 0.289 e. The molecule has 15 heavy (non-hydrogen) atoms. The molecule has 88 valence electrons. The highest BCUT2D eigenvalue weighted by molar-refractivity contribution is 8.25. The molecule has 1 N–H and O–H groups in total. The quantitative estimate of drug-likeness (QED) is 0.722. The van der Waals surface area contributed by atoms with Gasteiger partial charge in [-0.25, -0.2) is 0 Å². The molecule has 0 amide bonds. The topological polar surface area (TPSA) is 12.0 Å². The van der Waals surface area contributed by atoms with Crippen LogP contribution in [0.4, 0.5) is 0 Å². The lowest BCUT2D eigenvalue weighted by Gasteiger charge is -2.24. The van der Waals surface area contributed by atoms with E-state index in [0.29, 0.717) is 17.0 Å². The van der Waals surface area contributed by atoms with Crippen molar-refractivity contribution in [1.29, 1.82) is 0 Å². The highest BCUT2D eigenvalue weighted by atomic mass is 32.2. The van der Waals surface area contributed by atoms with Gasteiger partial charge in [-0.3, -0.25) is 0 Å². The van der Waals surface area contributed by atoms with E-state index < -0.39 is 0 Å². The maximum atomic E-state index is 3.77. The predicted octanol–water partition coefficient (Wildman–Crippen LogP) is 3.66. The van der Waals surface area contributed by atoms with Crippen LogP contribution in [0.2, 0.25) is 6.32 Å². The van der Waals surface area contributed by atoms with E-state index in [0.717, 1.165) is 6.04 Å². The van der Waals surface area contributed by atoms with Crippen molar-refractivity contribution in [2.24, 2.45) is 10.8 Å². The van der Waals surface area contributed by atoms with Gasteiger partial charge in [0.1, 0.15) is 0 Å². The second-order valence-electron chi connectivity index (χ2n) is 7.22. The van der Waals surface area contributed by atoms with Crippen LogP contribution < -0.4 is 5.23 Å². The SMILES string of the molecule is CC(C)(C)CB1NC(CC(C)(C)C)CS1. The van der Waals surface area contributed by atoms with Crippen LogP contribution >= 0.6 is 11.6 Å². The predicted molar refractivity (Wildman–Crippen MR) is 73.5 cm³/mol. The molecule has 1 rings (SSSR count). The van der Waals surface area contributed by atoms with Crippen molar-refractivity contribution in [3.05, 3.63) is 0 Å². The summed E-state index contributed by atoms with van der Waals surface area (Å²) in [6.45, 7) is 14.0. The Bertz CT molecular complexity index is 183. The van der Waals surface area contributed by atoms with Crippen LogP contribution in [0.5, 0.6) is 0 Å². The third kappa shape index (κ3) is 5.86. The Morgan fingerprint density at radius 2 is 1.73 bits per heavy atom. The molecule has 0 spiro atoms. The Morgan fingerprint density at radius 3 is 2.20 bits per heavy atom. The van der Waals surface area contributed by atoms with Gasteiger partial charge in [0.25, 0.3) is 6.13 Å². The second-order valence-corrected chi connectivity index (χ2v) is 8.45. The summed E-state index contributed by atoms with van der Waals surface area (Å²) in [5.41, 5.74) is 0.899. The summed E-state index contributed by atoms with van der Waals surface area (Å²) >= 11 is 2.11. The van der Waals surface area contributed by atoms with Gasteiger partial charge in [-0.2, -0.15) is 11.6 Å². The van der Waals surface area contributed by atoms with E-state index in [-0.39, 0.29) is 0 Å². The Hall–Kier alpha value is 0.375. The molecule has 0 radical (unpaired) electrons. The van der Waals surface area contributed by atoms with E-state index in [4.69, 9.17) is 0 Å². The molecule has 1 unspecified atom stereocenters. The molecule has 3 heteroatoms. The zero-order valence-corrected chi connectivity index (χ0v) is 12.0. The molecular weight excluding hydrogens is 201 g/mol. The molecule has 1 fully saturated rings. The summed E-state index contributed by atoms with van der Waals surface area (Å²) in [4.78, 5) is 0. The molecule has 1 atom stereocenters. The first-order chi connectivity index (χ1) is 6.66. The number of nitrogens with one attached hydrogen (secondary N) is 1. The smallest absolute Gasteiger partial charge is 0.289 e. The molecule has 0 aromatic carbocycles. The minimum absolute atomic E-state index is 0.446. The van der Waals surface area contributed by atoms with Gasteiger partial charge in [0, 0.05) is 6.04 Å². The molecule has 1 saturated heterocycles. The highest BCUT2D eigenvalue weighted by Gasteiger charge is 2.33. The summed E-state index contributed by atoms with van der Waals surface area (Å²) in [5, 5.41) is 3.77. The van der Waals surface area contributed by atoms with Crippen molar-refractivity contribution in [3.63, 3.8) is 0 Å². The second kappa shape index (κ2) is 4.71. The van der Waals surface area contributed by atoms with E-state index in [1.807, 2.05) is 0 Å². The van der Waals surface area contributed by atoms with E-state index in [2.05, 4.69) is 58.4 Å². The standard InChI is InChI=1S/C12H26BNS/c1-11(2,3)7-10-8-15-13(14-10)9-12(4,5)6/h10,14H,7-9H2,1-6H3. The molecule has 1 aliphatic heterocycles. The van der Waals surface area contributed by atoms with Crippen molar-refractivity contribution in [3.8, 4) is 0 Å². The summed E-state index contributed by atoms with van der Waals surface area (Å²) in [5.74, 6) is 1.29. The third-order valence-electron chi connectivity index (χ3n) is 2.58. The highest BCUT2D eigenvalue weighted by Crippen LogP contribution is 2.32. The normalized spacial score (nSPS) is 23.6. The third-order valence-corrected chi connectivity index (χ3v) is 3.88. The van der Waals surface area contributed by atoms with Crippen LogP contribution in [-0.4, -0.2) is 17.9 Å². The average Bonchev–Trinajstić information content (AvgIpc) is 2.28. The van der Waals surface area contributed by atoms with Crippen LogP contribution in [0.15, 0.2) is 0 Å². The molecule has 0 saturated carbocycles. The van der Waals surface area contributed by atoms with E-state index >= 15 is 0 Å². The Morgan fingerprint density at radius 1 is 1.13 bits per heavy atom. The van der Waals surface area contributed by atoms with Crippen LogP contribution in [0.1, 0.15) is 48.0 Å². The van der Waals surface area contributed by atoms with E-state index in [1.165, 1.54) is 18.5 Å². The van der Waals surface area contributed by atoms with Gasteiger partial charge < -0.3 is 5.23 Å². The van der Waals surface area contributed by atoms with E-state index in [9.17, 15) is 0 Å². The van der Waals surface area contributed by atoms with Crippen molar-refractivity contribution in [2.75, 3.05) is 5.75 Å². The van der Waals surface area contributed by atoms with Crippen molar-refractivity contribution >= 4 is 17.7 Å². The molecule has 1 nitrogen and oxygen atoms in total. The molecular formula is C12H26BNS. The molecule has 0 aromatic rings. The largest absolute Gasteiger partial charge is 0.343 e. The molecule has 0 aromatic heterocycles. The number of hydrogen-bond acceptors (Lipinski definition) is 2. The monoisotopic (exact) mass is 227 g/mol. The first-order valence-electron chi connectivity index (χ1n) is 6.03. The zero-order valence-electron chi connectivity index (χ0n) is 11.2. The maximum absolute atomic E-state index is 3.77. The summed E-state index contributed by atoms with van der Waals surface area (Å²) in [6.07, 6.45) is 3.25.